The number of aromatic carboxylic acids is 1. The number of hydrogen-bond acceptors (Lipinski definition) is 4. The van der Waals surface area contributed by atoms with Crippen LogP contribution in [0.25, 0.3) is 0 Å². The Morgan fingerprint density at radius 3 is 2.38 bits per heavy atom. The minimum absolute atomic E-state index is 0.251. The van der Waals surface area contributed by atoms with E-state index in [4.69, 9.17) is 10.8 Å². The van der Waals surface area contributed by atoms with Crippen molar-refractivity contribution in [3.8, 4) is 5.75 Å². The predicted molar refractivity (Wildman–Crippen MR) is 77.1 cm³/mol. The van der Waals surface area contributed by atoms with Crippen molar-refractivity contribution in [2.75, 3.05) is 5.32 Å². The van der Waals surface area contributed by atoms with Crippen LogP contribution in [0.2, 0.25) is 0 Å². The first kappa shape index (κ1) is 14.5. The van der Waals surface area contributed by atoms with Crippen LogP contribution in [0.15, 0.2) is 48.5 Å². The van der Waals surface area contributed by atoms with Gasteiger partial charge in [0.05, 0.1) is 0 Å². The molecule has 6 nitrogen and oxygen atoms in total. The molecule has 0 spiro atoms. The van der Waals surface area contributed by atoms with Crippen molar-refractivity contribution >= 4 is 17.6 Å². The molecule has 2 aromatic rings. The fourth-order valence-corrected chi connectivity index (χ4v) is 1.82. The number of hydrogen-bond donors (Lipinski definition) is 4. The summed E-state index contributed by atoms with van der Waals surface area (Å²) < 4.78 is 0. The third-order valence-electron chi connectivity index (χ3n) is 2.94. The van der Waals surface area contributed by atoms with Crippen LogP contribution in [0.1, 0.15) is 22.0 Å². The summed E-state index contributed by atoms with van der Waals surface area (Å²) in [7, 11) is 0. The zero-order valence-corrected chi connectivity index (χ0v) is 11.0. The summed E-state index contributed by atoms with van der Waals surface area (Å²) in [6, 6.07) is 11.7. The lowest BCUT2D eigenvalue weighted by atomic mass is 10.1. The number of nitrogens with one attached hydrogen (secondary N) is 1. The van der Waals surface area contributed by atoms with Crippen LogP contribution in [0.3, 0.4) is 0 Å². The highest BCUT2D eigenvalue weighted by Gasteiger charge is 2.17. The Labute approximate surface area is 120 Å². The molecule has 0 saturated heterocycles. The quantitative estimate of drug-likeness (QED) is 0.639. The normalized spacial score (nSPS) is 11.7. The number of amides is 1. The average molecular weight is 286 g/mol. The van der Waals surface area contributed by atoms with Crippen molar-refractivity contribution in [2.24, 2.45) is 5.73 Å². The molecule has 2 aromatic carbocycles. The van der Waals surface area contributed by atoms with E-state index in [9.17, 15) is 14.7 Å². The fraction of sp³-hybridized carbons (Fsp3) is 0.0667. The maximum absolute atomic E-state index is 12.0. The number of benzene rings is 2. The van der Waals surface area contributed by atoms with Crippen molar-refractivity contribution in [1.29, 1.82) is 0 Å². The first-order chi connectivity index (χ1) is 9.99. The average Bonchev–Trinajstić information content (AvgIpc) is 2.49. The van der Waals surface area contributed by atoms with E-state index >= 15 is 0 Å². The van der Waals surface area contributed by atoms with Crippen LogP contribution in [-0.4, -0.2) is 22.1 Å². The molecule has 5 N–H and O–H groups in total. The summed E-state index contributed by atoms with van der Waals surface area (Å²) in [6.07, 6.45) is 0. The summed E-state index contributed by atoms with van der Waals surface area (Å²) in [6.45, 7) is 0. The Hall–Kier alpha value is -2.86. The Balaban J connectivity index is 2.16. The summed E-state index contributed by atoms with van der Waals surface area (Å²) in [5.41, 5.74) is 6.44. The molecule has 2 rings (SSSR count). The molecule has 0 fully saturated rings. The van der Waals surface area contributed by atoms with E-state index in [0.29, 0.717) is 5.56 Å². The van der Waals surface area contributed by atoms with Crippen LogP contribution >= 0.6 is 0 Å². The van der Waals surface area contributed by atoms with Gasteiger partial charge in [-0.3, -0.25) is 4.79 Å². The van der Waals surface area contributed by atoms with Crippen LogP contribution < -0.4 is 11.1 Å². The third-order valence-corrected chi connectivity index (χ3v) is 2.94. The van der Waals surface area contributed by atoms with Gasteiger partial charge in [0.2, 0.25) is 5.91 Å². The van der Waals surface area contributed by atoms with Crippen molar-refractivity contribution in [3.05, 3.63) is 59.7 Å². The molecule has 108 valence electrons. The first-order valence-electron chi connectivity index (χ1n) is 6.16. The molecule has 0 aliphatic carbocycles. The molecule has 1 amide bonds. The van der Waals surface area contributed by atoms with E-state index in [0.717, 1.165) is 0 Å². The van der Waals surface area contributed by atoms with Gasteiger partial charge in [-0.25, -0.2) is 4.79 Å². The molecule has 0 saturated carbocycles. The second kappa shape index (κ2) is 6.06. The smallest absolute Gasteiger partial charge is 0.339 e. The van der Waals surface area contributed by atoms with E-state index in [-0.39, 0.29) is 17.0 Å². The zero-order chi connectivity index (χ0) is 15.4. The SMILES string of the molecule is N[C@@H](C(=O)Nc1ccc(O)c(C(=O)O)c1)c1ccccc1. The summed E-state index contributed by atoms with van der Waals surface area (Å²) in [5.74, 6) is -2.12. The highest BCUT2D eigenvalue weighted by atomic mass is 16.4. The molecular weight excluding hydrogens is 272 g/mol. The summed E-state index contributed by atoms with van der Waals surface area (Å²) in [5, 5.41) is 20.8. The second-order valence-corrected chi connectivity index (χ2v) is 4.41. The maximum Gasteiger partial charge on any atom is 0.339 e. The Kier molecular flexibility index (Phi) is 4.20. The molecule has 0 radical (unpaired) electrons. The molecule has 6 heteroatoms. The lowest BCUT2D eigenvalue weighted by Gasteiger charge is -2.13. The third kappa shape index (κ3) is 3.37. The number of aromatic hydroxyl groups is 1. The molecule has 0 aliphatic heterocycles. The van der Waals surface area contributed by atoms with E-state index in [2.05, 4.69) is 5.32 Å². The number of carboxylic acids is 1. The molecular formula is C15H14N2O4. The lowest BCUT2D eigenvalue weighted by Crippen LogP contribution is -2.27. The minimum atomic E-state index is -1.28. The number of carboxylic acid groups (broad SMARTS) is 1. The molecule has 21 heavy (non-hydrogen) atoms. The predicted octanol–water partition coefficient (Wildman–Crippen LogP) is 1.73. The molecule has 0 unspecified atom stereocenters. The van der Waals surface area contributed by atoms with E-state index in [1.54, 1.807) is 24.3 Å². The van der Waals surface area contributed by atoms with Crippen molar-refractivity contribution in [1.82, 2.24) is 0 Å². The summed E-state index contributed by atoms with van der Waals surface area (Å²) in [4.78, 5) is 23.0. The number of rotatable bonds is 4. The second-order valence-electron chi connectivity index (χ2n) is 4.41. The van der Waals surface area contributed by atoms with Gasteiger partial charge in [0, 0.05) is 5.69 Å². The van der Waals surface area contributed by atoms with Crippen LogP contribution in [-0.2, 0) is 4.79 Å². The van der Waals surface area contributed by atoms with Gasteiger partial charge in [-0.15, -0.1) is 0 Å². The first-order valence-corrected chi connectivity index (χ1v) is 6.16. The fourth-order valence-electron chi connectivity index (χ4n) is 1.82. The maximum atomic E-state index is 12.0. The zero-order valence-electron chi connectivity index (χ0n) is 11.0. The molecule has 1 atom stereocenters. The molecule has 0 bridgehead atoms. The van der Waals surface area contributed by atoms with Gasteiger partial charge in [-0.1, -0.05) is 30.3 Å². The highest BCUT2D eigenvalue weighted by Crippen LogP contribution is 2.22. The standard InChI is InChI=1S/C15H14N2O4/c16-13(9-4-2-1-3-5-9)14(19)17-10-6-7-12(18)11(8-10)15(20)21/h1-8,13,18H,16H2,(H,17,19)(H,20,21)/t13-/m1/s1. The van der Waals surface area contributed by atoms with Crippen molar-refractivity contribution < 1.29 is 19.8 Å². The minimum Gasteiger partial charge on any atom is -0.507 e. The Morgan fingerprint density at radius 2 is 1.76 bits per heavy atom. The monoisotopic (exact) mass is 286 g/mol. The number of phenols is 1. The van der Waals surface area contributed by atoms with Gasteiger partial charge >= 0.3 is 5.97 Å². The van der Waals surface area contributed by atoms with Crippen LogP contribution in [0.5, 0.6) is 5.75 Å². The number of anilines is 1. The molecule has 0 aromatic heterocycles. The van der Waals surface area contributed by atoms with Gasteiger partial charge in [-0.2, -0.15) is 0 Å². The Bertz CT molecular complexity index is 671. The number of nitrogens with two attached hydrogens (primary N) is 1. The molecule has 0 aliphatic rings. The van der Waals surface area contributed by atoms with E-state index in [1.807, 2.05) is 6.07 Å². The van der Waals surface area contributed by atoms with Crippen molar-refractivity contribution in [2.45, 2.75) is 6.04 Å². The highest BCUT2D eigenvalue weighted by molar-refractivity contribution is 5.98. The van der Waals surface area contributed by atoms with Crippen LogP contribution in [0, 0.1) is 0 Å². The number of carbonyl (C=O) groups is 2. The van der Waals surface area contributed by atoms with Crippen LogP contribution in [0.4, 0.5) is 5.69 Å². The largest absolute Gasteiger partial charge is 0.507 e. The topological polar surface area (TPSA) is 113 Å². The van der Waals surface area contributed by atoms with Gasteiger partial charge in [-0.05, 0) is 23.8 Å². The molecule has 0 heterocycles. The van der Waals surface area contributed by atoms with Gasteiger partial charge in [0.15, 0.2) is 0 Å². The Morgan fingerprint density at radius 1 is 1.10 bits per heavy atom. The van der Waals surface area contributed by atoms with E-state index in [1.165, 1.54) is 18.2 Å². The number of carbonyl (C=O) groups excluding carboxylic acids is 1. The lowest BCUT2D eigenvalue weighted by molar-refractivity contribution is -0.117. The summed E-state index contributed by atoms with van der Waals surface area (Å²) >= 11 is 0. The van der Waals surface area contributed by atoms with E-state index < -0.39 is 17.9 Å². The van der Waals surface area contributed by atoms with Gasteiger partial charge in [0.25, 0.3) is 0 Å². The van der Waals surface area contributed by atoms with Gasteiger partial charge in [0.1, 0.15) is 17.4 Å². The van der Waals surface area contributed by atoms with Crippen molar-refractivity contribution in [3.63, 3.8) is 0 Å². The van der Waals surface area contributed by atoms with Gasteiger partial charge < -0.3 is 21.3 Å².